The van der Waals surface area contributed by atoms with Gasteiger partial charge in [0.05, 0.1) is 16.0 Å². The first-order valence-corrected chi connectivity index (χ1v) is 10.8. The minimum Gasteiger partial charge on any atom is -0.360 e. The lowest BCUT2D eigenvalue weighted by Crippen LogP contribution is -2.52. The number of piperazine rings is 1. The molecule has 13 heteroatoms. The van der Waals surface area contributed by atoms with Gasteiger partial charge >= 0.3 is 0 Å². The largest absolute Gasteiger partial charge is 0.360 e. The zero-order valence-electron chi connectivity index (χ0n) is 18.5. The Labute approximate surface area is 201 Å². The summed E-state index contributed by atoms with van der Waals surface area (Å²) >= 11 is 0. The Hall–Kier alpha value is -4.94. The Balaban J connectivity index is 1.31. The number of halogens is 1. The molecule has 0 radical (unpaired) electrons. The van der Waals surface area contributed by atoms with Gasteiger partial charge < -0.3 is 19.3 Å². The summed E-state index contributed by atoms with van der Waals surface area (Å²) in [6, 6.07) is 7.97. The highest BCUT2D eigenvalue weighted by Crippen LogP contribution is 2.30. The minimum atomic E-state index is -0.899. The van der Waals surface area contributed by atoms with Crippen LogP contribution in [-0.2, 0) is 4.79 Å². The van der Waals surface area contributed by atoms with E-state index < -0.39 is 28.3 Å². The van der Waals surface area contributed by atoms with E-state index in [2.05, 4.69) is 15.1 Å². The highest BCUT2D eigenvalue weighted by molar-refractivity contribution is 6.45. The fourth-order valence-electron chi connectivity index (χ4n) is 4.17. The van der Waals surface area contributed by atoms with Crippen molar-refractivity contribution in [2.45, 2.75) is 0 Å². The van der Waals surface area contributed by atoms with Crippen molar-refractivity contribution in [1.29, 1.82) is 0 Å². The first-order chi connectivity index (χ1) is 17.3. The lowest BCUT2D eigenvalue weighted by Gasteiger charge is -2.34. The molecule has 2 aromatic heterocycles. The number of fused-ring (bicyclic) bond motifs is 1. The quantitative estimate of drug-likeness (QED) is 0.193. The summed E-state index contributed by atoms with van der Waals surface area (Å²) in [7, 11) is 0. The van der Waals surface area contributed by atoms with Gasteiger partial charge in [-0.25, -0.2) is 4.39 Å². The number of nitro groups is 1. The van der Waals surface area contributed by atoms with Crippen LogP contribution in [-0.4, -0.2) is 73.6 Å². The van der Waals surface area contributed by atoms with Crippen LogP contribution in [0.15, 0.2) is 53.5 Å². The predicted octanol–water partition coefficient (Wildman–Crippen LogP) is 2.43. The van der Waals surface area contributed by atoms with E-state index in [0.29, 0.717) is 5.56 Å². The maximum Gasteiger partial charge on any atom is 0.295 e. The van der Waals surface area contributed by atoms with Crippen LogP contribution in [0.4, 0.5) is 10.1 Å². The summed E-state index contributed by atoms with van der Waals surface area (Å²) < 4.78 is 19.4. The summed E-state index contributed by atoms with van der Waals surface area (Å²) in [6.07, 6.45) is 2.38. The number of non-ortho nitro benzene ring substituents is 1. The Morgan fingerprint density at radius 1 is 1.08 bits per heavy atom. The molecule has 0 saturated carbocycles. The van der Waals surface area contributed by atoms with Crippen molar-refractivity contribution >= 4 is 34.2 Å². The lowest BCUT2D eigenvalue weighted by molar-refractivity contribution is -0.384. The van der Waals surface area contributed by atoms with Crippen LogP contribution in [0.3, 0.4) is 0 Å². The molecule has 1 fully saturated rings. The number of nitrogens with zero attached hydrogens (tertiary/aromatic N) is 5. The van der Waals surface area contributed by atoms with Gasteiger partial charge in [0, 0.05) is 61.0 Å². The standard InChI is InChI=1S/C23H17FN6O6/c24-17-5-4-15(21-26-12-36-27-21)19-18(17)16(11-25-19)20(31)23(33)29-8-6-28(7-9-29)22(32)13-2-1-3-14(10-13)30(34)35/h1-5,10-12,25H,6-9H2. The Morgan fingerprint density at radius 2 is 1.83 bits per heavy atom. The molecule has 2 aromatic carbocycles. The number of ketones is 1. The van der Waals surface area contributed by atoms with E-state index in [-0.39, 0.29) is 59.7 Å². The van der Waals surface area contributed by atoms with E-state index in [0.717, 1.165) is 12.5 Å². The highest BCUT2D eigenvalue weighted by Gasteiger charge is 2.31. The van der Waals surface area contributed by atoms with E-state index in [4.69, 9.17) is 4.52 Å². The number of aromatic nitrogens is 3. The number of carbonyl (C=O) groups excluding carboxylic acids is 3. The molecule has 0 bridgehead atoms. The third-order valence-corrected chi connectivity index (χ3v) is 5.98. The monoisotopic (exact) mass is 492 g/mol. The Bertz CT molecular complexity index is 1510. The maximum absolute atomic E-state index is 14.7. The van der Waals surface area contributed by atoms with E-state index in [1.165, 1.54) is 46.3 Å². The van der Waals surface area contributed by atoms with Crippen molar-refractivity contribution in [3.05, 3.63) is 76.0 Å². The SMILES string of the molecule is O=C(C(=O)N1CCN(C(=O)c2cccc([N+](=O)[O-])c2)CC1)c1c[nH]c2c(-c3ncon3)ccc(F)c12. The molecule has 0 aliphatic carbocycles. The van der Waals surface area contributed by atoms with Gasteiger partial charge in [0.2, 0.25) is 12.2 Å². The van der Waals surface area contributed by atoms with Crippen LogP contribution < -0.4 is 0 Å². The zero-order valence-corrected chi connectivity index (χ0v) is 18.5. The molecule has 1 N–H and O–H groups in total. The summed E-state index contributed by atoms with van der Waals surface area (Å²) in [4.78, 5) is 58.6. The van der Waals surface area contributed by atoms with Gasteiger partial charge in [-0.15, -0.1) is 0 Å². The van der Waals surface area contributed by atoms with E-state index in [1.54, 1.807) is 0 Å². The summed E-state index contributed by atoms with van der Waals surface area (Å²) in [5.74, 6) is -2.64. The lowest BCUT2D eigenvalue weighted by atomic mass is 10.0. The van der Waals surface area contributed by atoms with Crippen LogP contribution in [0.5, 0.6) is 0 Å². The smallest absolute Gasteiger partial charge is 0.295 e. The second-order valence-corrected chi connectivity index (χ2v) is 8.02. The van der Waals surface area contributed by atoms with Gasteiger partial charge in [-0.3, -0.25) is 24.5 Å². The molecular weight excluding hydrogens is 475 g/mol. The zero-order chi connectivity index (χ0) is 25.4. The predicted molar refractivity (Wildman–Crippen MR) is 121 cm³/mol. The third kappa shape index (κ3) is 3.96. The van der Waals surface area contributed by atoms with Crippen LogP contribution in [0.1, 0.15) is 20.7 Å². The van der Waals surface area contributed by atoms with Gasteiger partial charge in [0.15, 0.2) is 0 Å². The number of benzene rings is 2. The number of hydrogen-bond acceptors (Lipinski definition) is 8. The number of aromatic amines is 1. The van der Waals surface area contributed by atoms with E-state index in [1.807, 2.05) is 0 Å². The van der Waals surface area contributed by atoms with Crippen molar-refractivity contribution in [3.8, 4) is 11.4 Å². The molecule has 5 rings (SSSR count). The summed E-state index contributed by atoms with van der Waals surface area (Å²) in [5.41, 5.74) is 0.480. The summed E-state index contributed by atoms with van der Waals surface area (Å²) in [5, 5.41) is 14.7. The molecule has 2 amide bonds. The number of H-pyrrole nitrogens is 1. The maximum atomic E-state index is 14.7. The number of carbonyl (C=O) groups is 3. The number of Topliss-reactive ketones (excluding diaryl/α,β-unsaturated/α-hetero) is 1. The molecule has 1 saturated heterocycles. The second-order valence-electron chi connectivity index (χ2n) is 8.02. The van der Waals surface area contributed by atoms with Gasteiger partial charge in [-0.05, 0) is 18.2 Å². The van der Waals surface area contributed by atoms with E-state index in [9.17, 15) is 28.9 Å². The van der Waals surface area contributed by atoms with Crippen LogP contribution in [0.2, 0.25) is 0 Å². The van der Waals surface area contributed by atoms with Crippen LogP contribution in [0, 0.1) is 15.9 Å². The molecule has 36 heavy (non-hydrogen) atoms. The number of hydrogen-bond donors (Lipinski definition) is 1. The molecule has 0 unspecified atom stereocenters. The summed E-state index contributed by atoms with van der Waals surface area (Å²) in [6.45, 7) is 0.407. The van der Waals surface area contributed by atoms with E-state index >= 15 is 0 Å². The third-order valence-electron chi connectivity index (χ3n) is 5.98. The Kier molecular flexibility index (Phi) is 5.72. The topological polar surface area (TPSA) is 156 Å². The first-order valence-electron chi connectivity index (χ1n) is 10.8. The van der Waals surface area contributed by atoms with Crippen molar-refractivity contribution in [2.75, 3.05) is 26.2 Å². The van der Waals surface area contributed by atoms with Crippen molar-refractivity contribution in [1.82, 2.24) is 24.9 Å². The first kappa shape index (κ1) is 22.8. The second kappa shape index (κ2) is 9.02. The van der Waals surface area contributed by atoms with Gasteiger partial charge in [0.1, 0.15) is 5.82 Å². The number of rotatable bonds is 5. The van der Waals surface area contributed by atoms with Crippen LogP contribution >= 0.6 is 0 Å². The average molecular weight is 492 g/mol. The molecular formula is C23H17FN6O6. The minimum absolute atomic E-state index is 0.0601. The highest BCUT2D eigenvalue weighted by atomic mass is 19.1. The fraction of sp³-hybridized carbons (Fsp3) is 0.174. The molecule has 0 spiro atoms. The fourth-order valence-corrected chi connectivity index (χ4v) is 4.17. The molecule has 1 aliphatic rings. The molecule has 1 aliphatic heterocycles. The van der Waals surface area contributed by atoms with Gasteiger partial charge in [0.25, 0.3) is 23.3 Å². The molecule has 4 aromatic rings. The van der Waals surface area contributed by atoms with Gasteiger partial charge in [-0.2, -0.15) is 4.98 Å². The average Bonchev–Trinajstić information content (AvgIpc) is 3.59. The molecule has 182 valence electrons. The number of nitrogens with one attached hydrogen (secondary N) is 1. The van der Waals surface area contributed by atoms with Crippen LogP contribution in [0.25, 0.3) is 22.3 Å². The van der Waals surface area contributed by atoms with Crippen molar-refractivity contribution < 1.29 is 28.2 Å². The normalized spacial score (nSPS) is 13.7. The molecule has 3 heterocycles. The van der Waals surface area contributed by atoms with Crippen molar-refractivity contribution in [2.24, 2.45) is 0 Å². The number of amides is 2. The molecule has 0 atom stereocenters. The molecule has 12 nitrogen and oxygen atoms in total. The van der Waals surface area contributed by atoms with Crippen molar-refractivity contribution in [3.63, 3.8) is 0 Å². The number of nitro benzene ring substituents is 1. The van der Waals surface area contributed by atoms with Gasteiger partial charge in [-0.1, -0.05) is 11.2 Å². The Morgan fingerprint density at radius 3 is 2.53 bits per heavy atom.